The number of nitrogens with one attached hydrogen (secondary N) is 1. The largest absolute Gasteiger partial charge is 0.496 e. The van der Waals surface area contributed by atoms with E-state index in [2.05, 4.69) is 26.1 Å². The molecule has 4 aliphatic carbocycles. The van der Waals surface area contributed by atoms with Crippen LogP contribution in [0.2, 0.25) is 0 Å². The zero-order valence-corrected chi connectivity index (χ0v) is 26.7. The molecule has 5 atom stereocenters. The highest BCUT2D eigenvalue weighted by Crippen LogP contribution is 2.65. The molecule has 1 heterocycles. The van der Waals surface area contributed by atoms with Crippen molar-refractivity contribution in [2.75, 3.05) is 13.7 Å². The number of ether oxygens (including phenoxy) is 2. The number of benzene rings is 1. The first-order chi connectivity index (χ1) is 19.7. The highest BCUT2D eigenvalue weighted by atomic mass is 16.7. The van der Waals surface area contributed by atoms with Gasteiger partial charge >= 0.3 is 13.1 Å². The van der Waals surface area contributed by atoms with Gasteiger partial charge in [0.15, 0.2) is 0 Å². The van der Waals surface area contributed by atoms with E-state index in [1.54, 1.807) is 13.2 Å². The smallest absolute Gasteiger partial charge is 0.482 e. The Bertz CT molecular complexity index is 1160. The Labute approximate surface area is 252 Å². The minimum absolute atomic E-state index is 0.000195. The number of carbonyl (C=O) groups excluding carboxylic acids is 2. The Balaban J connectivity index is 1.37. The summed E-state index contributed by atoms with van der Waals surface area (Å²) in [5.41, 5.74) is 6.24. The number of hydrogen-bond acceptors (Lipinski definition) is 7. The van der Waals surface area contributed by atoms with Gasteiger partial charge in [-0.1, -0.05) is 26.0 Å². The first-order valence-corrected chi connectivity index (χ1v) is 16.0. The molecule has 3 N–H and O–H groups in total. The number of methoxy groups -OCH3 is 1. The van der Waals surface area contributed by atoms with E-state index in [9.17, 15) is 9.59 Å². The van der Waals surface area contributed by atoms with Crippen LogP contribution in [0, 0.1) is 29.1 Å². The predicted molar refractivity (Wildman–Crippen MR) is 163 cm³/mol. The Morgan fingerprint density at radius 3 is 2.43 bits per heavy atom. The van der Waals surface area contributed by atoms with E-state index >= 15 is 0 Å². The van der Waals surface area contributed by atoms with Crippen LogP contribution < -0.4 is 15.8 Å². The van der Waals surface area contributed by atoms with Crippen LogP contribution in [0.15, 0.2) is 18.2 Å². The van der Waals surface area contributed by atoms with Crippen molar-refractivity contribution in [2.24, 2.45) is 34.8 Å². The number of nitrogens with two attached hydrogens (primary N) is 1. The lowest BCUT2D eigenvalue weighted by atomic mass is 9.43. The van der Waals surface area contributed by atoms with Crippen molar-refractivity contribution in [1.82, 2.24) is 5.32 Å². The maximum atomic E-state index is 13.5. The van der Waals surface area contributed by atoms with Gasteiger partial charge in [0.25, 0.3) is 0 Å². The summed E-state index contributed by atoms with van der Waals surface area (Å²) in [6.45, 7) is 13.1. The predicted octanol–water partition coefficient (Wildman–Crippen LogP) is 5.10. The minimum Gasteiger partial charge on any atom is -0.496 e. The van der Waals surface area contributed by atoms with Crippen molar-refractivity contribution in [1.29, 1.82) is 0 Å². The summed E-state index contributed by atoms with van der Waals surface area (Å²) in [6.07, 6.45) is 7.23. The van der Waals surface area contributed by atoms with Crippen molar-refractivity contribution < 1.29 is 28.4 Å². The lowest BCUT2D eigenvalue weighted by Crippen LogP contribution is -2.65. The maximum Gasteiger partial charge on any atom is 0.482 e. The molecule has 42 heavy (non-hydrogen) atoms. The third kappa shape index (κ3) is 6.11. The normalized spacial score (nSPS) is 32.4. The quantitative estimate of drug-likeness (QED) is 0.308. The second kappa shape index (κ2) is 11.8. The molecule has 5 unspecified atom stereocenters. The number of hydrogen-bond donors (Lipinski definition) is 2. The average Bonchev–Trinajstić information content (AvgIpc) is 3.29. The van der Waals surface area contributed by atoms with Gasteiger partial charge in [-0.2, -0.15) is 0 Å². The summed E-state index contributed by atoms with van der Waals surface area (Å²) in [5, 5.41) is 3.31. The van der Waals surface area contributed by atoms with Crippen LogP contribution in [-0.2, 0) is 25.3 Å². The van der Waals surface area contributed by atoms with E-state index in [-0.39, 0.29) is 17.4 Å². The molecule has 1 saturated heterocycles. The number of carbonyl (C=O) groups is 2. The van der Waals surface area contributed by atoms with Crippen molar-refractivity contribution in [3.05, 3.63) is 29.3 Å². The van der Waals surface area contributed by atoms with Gasteiger partial charge in [0.2, 0.25) is 5.91 Å². The summed E-state index contributed by atoms with van der Waals surface area (Å²) in [4.78, 5) is 26.6. The summed E-state index contributed by atoms with van der Waals surface area (Å²) in [7, 11) is 0.966. The van der Waals surface area contributed by atoms with Crippen LogP contribution in [0.4, 0.5) is 0 Å². The highest BCUT2D eigenvalue weighted by molar-refractivity contribution is 6.48. The average molecular weight is 583 g/mol. The first kappa shape index (κ1) is 31.3. The molecule has 4 saturated carbocycles. The summed E-state index contributed by atoms with van der Waals surface area (Å²) in [5.74, 6) is 1.56. The molecule has 232 valence electrons. The molecule has 6 rings (SSSR count). The van der Waals surface area contributed by atoms with E-state index in [1.807, 2.05) is 32.9 Å². The lowest BCUT2D eigenvalue weighted by molar-refractivity contribution is -0.199. The molecule has 1 aliphatic heterocycles. The molecule has 1 aromatic rings. The molecule has 5 fully saturated rings. The number of amides is 1. The third-order valence-corrected chi connectivity index (χ3v) is 10.8. The van der Waals surface area contributed by atoms with Crippen LogP contribution in [0.1, 0.15) is 102 Å². The zero-order valence-electron chi connectivity index (χ0n) is 26.7. The fourth-order valence-electron chi connectivity index (χ4n) is 8.20. The molecule has 2 bridgehead atoms. The van der Waals surface area contributed by atoms with Gasteiger partial charge < -0.3 is 29.8 Å². The Hall–Kier alpha value is -2.10. The summed E-state index contributed by atoms with van der Waals surface area (Å²) < 4.78 is 24.9. The van der Waals surface area contributed by atoms with E-state index in [0.29, 0.717) is 47.8 Å². The molecular formula is C33H51BN2O6. The van der Waals surface area contributed by atoms with Gasteiger partial charge in [0, 0.05) is 6.42 Å². The minimum atomic E-state index is -0.635. The van der Waals surface area contributed by atoms with E-state index in [0.717, 1.165) is 50.6 Å². The summed E-state index contributed by atoms with van der Waals surface area (Å²) in [6, 6.07) is 5.49. The second-order valence-electron chi connectivity index (χ2n) is 15.0. The molecular weight excluding hydrogens is 531 g/mol. The number of esters is 1. The molecule has 1 amide bonds. The molecule has 9 heteroatoms. The lowest BCUT2D eigenvalue weighted by Gasteiger charge is -2.64. The van der Waals surface area contributed by atoms with Crippen LogP contribution >= 0.6 is 0 Å². The SMILES string of the molecule is COc1c(CC(NC(=O)CC2CCC(CN)CC2)B2OC3CC4CC(C4(C)C)C3(C)O2)cccc1C(=O)OC(C)(C)C. The fourth-order valence-corrected chi connectivity index (χ4v) is 8.20. The van der Waals surface area contributed by atoms with E-state index < -0.39 is 30.2 Å². The van der Waals surface area contributed by atoms with Crippen molar-refractivity contribution in [2.45, 2.75) is 116 Å². The third-order valence-electron chi connectivity index (χ3n) is 10.8. The number of rotatable bonds is 9. The molecule has 0 radical (unpaired) electrons. The monoisotopic (exact) mass is 582 g/mol. The van der Waals surface area contributed by atoms with Crippen LogP contribution in [0.25, 0.3) is 0 Å². The molecule has 1 aromatic carbocycles. The van der Waals surface area contributed by atoms with Gasteiger partial charge in [-0.3, -0.25) is 4.79 Å². The molecule has 0 spiro atoms. The highest BCUT2D eigenvalue weighted by Gasteiger charge is 2.68. The van der Waals surface area contributed by atoms with Crippen molar-refractivity contribution in [3.8, 4) is 5.75 Å². The standard InChI is InChI=1S/C33H51BN2O6/c1-31(2,3)40-30(38)24-10-8-9-22(29(24)39-7)16-27(36-28(37)15-20-11-13-21(19-35)14-12-20)34-41-26-18-23-17-25(32(23,4)5)33(26,6)42-34/h8-10,20-21,23,25-27H,11-19,35H2,1-7H3,(H,36,37). The fraction of sp³-hybridized carbons (Fsp3) is 0.758. The van der Waals surface area contributed by atoms with Crippen LogP contribution in [-0.4, -0.2) is 55.9 Å². The van der Waals surface area contributed by atoms with Crippen molar-refractivity contribution in [3.63, 3.8) is 0 Å². The van der Waals surface area contributed by atoms with E-state index in [1.165, 1.54) is 0 Å². The summed E-state index contributed by atoms with van der Waals surface area (Å²) >= 11 is 0. The topological polar surface area (TPSA) is 109 Å². The van der Waals surface area contributed by atoms with Gasteiger partial charge in [-0.05, 0) is 120 Å². The van der Waals surface area contributed by atoms with Crippen LogP contribution in [0.5, 0.6) is 5.75 Å². The van der Waals surface area contributed by atoms with Gasteiger partial charge in [-0.15, -0.1) is 0 Å². The van der Waals surface area contributed by atoms with E-state index in [4.69, 9.17) is 24.5 Å². The van der Waals surface area contributed by atoms with Crippen molar-refractivity contribution >= 4 is 19.0 Å². The first-order valence-electron chi connectivity index (χ1n) is 16.0. The zero-order chi connectivity index (χ0) is 30.4. The van der Waals surface area contributed by atoms with Gasteiger partial charge in [-0.25, -0.2) is 4.79 Å². The maximum absolute atomic E-state index is 13.5. The number of para-hydroxylation sites is 1. The second-order valence-corrected chi connectivity index (χ2v) is 15.0. The Kier molecular flexibility index (Phi) is 8.78. The Morgan fingerprint density at radius 1 is 1.12 bits per heavy atom. The Morgan fingerprint density at radius 2 is 1.81 bits per heavy atom. The molecule has 8 nitrogen and oxygen atoms in total. The molecule has 0 aromatic heterocycles. The van der Waals surface area contributed by atoms with Crippen LogP contribution in [0.3, 0.4) is 0 Å². The van der Waals surface area contributed by atoms with Gasteiger partial charge in [0.05, 0.1) is 24.8 Å². The van der Waals surface area contributed by atoms with Gasteiger partial charge in [0.1, 0.15) is 16.9 Å². The molecule has 5 aliphatic rings.